The number of ether oxygens (including phenoxy) is 1. The summed E-state index contributed by atoms with van der Waals surface area (Å²) in [6.07, 6.45) is 2.43. The van der Waals surface area contributed by atoms with Crippen LogP contribution in [0.25, 0.3) is 0 Å². The second kappa shape index (κ2) is 5.66. The maximum absolute atomic E-state index is 11.1. The Bertz CT molecular complexity index is 381. The molecule has 0 aliphatic heterocycles. The number of anilines is 1. The monoisotopic (exact) mass is 236 g/mol. The molecule has 0 bridgehead atoms. The predicted octanol–water partition coefficient (Wildman–Crippen LogP) is 2.53. The molecule has 0 aliphatic carbocycles. The molecule has 4 nitrogen and oxygen atoms in total. The highest BCUT2D eigenvalue weighted by Gasteiger charge is 2.22. The zero-order chi connectivity index (χ0) is 13.0. The standard InChI is InChI=1S/C13H20N2O2/c1-9(2)15(10(3)4)12-11(8-16)6-7-14-13(12)17-5/h6-10H,1-5H3. The van der Waals surface area contributed by atoms with E-state index in [-0.39, 0.29) is 12.1 Å². The van der Waals surface area contributed by atoms with Crippen molar-refractivity contribution in [2.24, 2.45) is 0 Å². The summed E-state index contributed by atoms with van der Waals surface area (Å²) in [4.78, 5) is 17.4. The molecule has 1 rings (SSSR count). The van der Waals surface area contributed by atoms with Gasteiger partial charge in [-0.1, -0.05) is 0 Å². The van der Waals surface area contributed by atoms with Crippen molar-refractivity contribution in [2.45, 2.75) is 39.8 Å². The third kappa shape index (κ3) is 2.75. The van der Waals surface area contributed by atoms with E-state index in [1.807, 2.05) is 0 Å². The highest BCUT2D eigenvalue weighted by atomic mass is 16.5. The average molecular weight is 236 g/mol. The van der Waals surface area contributed by atoms with Crippen molar-refractivity contribution in [3.05, 3.63) is 17.8 Å². The molecular weight excluding hydrogens is 216 g/mol. The number of aldehydes is 1. The number of hydrogen-bond acceptors (Lipinski definition) is 4. The number of nitrogens with zero attached hydrogens (tertiary/aromatic N) is 2. The Labute approximate surface area is 103 Å². The van der Waals surface area contributed by atoms with Crippen molar-refractivity contribution in [2.75, 3.05) is 12.0 Å². The van der Waals surface area contributed by atoms with E-state index in [1.165, 1.54) is 0 Å². The second-order valence-electron chi connectivity index (χ2n) is 4.47. The van der Waals surface area contributed by atoms with Crippen LogP contribution in [-0.2, 0) is 0 Å². The number of hydrogen-bond donors (Lipinski definition) is 0. The summed E-state index contributed by atoms with van der Waals surface area (Å²) >= 11 is 0. The SMILES string of the molecule is COc1nccc(C=O)c1N(C(C)C)C(C)C. The molecular formula is C13H20N2O2. The smallest absolute Gasteiger partial charge is 0.238 e. The Balaban J connectivity index is 3.38. The normalized spacial score (nSPS) is 10.8. The van der Waals surface area contributed by atoms with E-state index in [4.69, 9.17) is 4.74 Å². The van der Waals surface area contributed by atoms with Gasteiger partial charge in [0, 0.05) is 23.8 Å². The van der Waals surface area contributed by atoms with E-state index in [9.17, 15) is 4.79 Å². The number of carbonyl (C=O) groups is 1. The molecule has 4 heteroatoms. The first kappa shape index (κ1) is 13.5. The minimum Gasteiger partial charge on any atom is -0.480 e. The van der Waals surface area contributed by atoms with Crippen molar-refractivity contribution in [1.29, 1.82) is 0 Å². The first-order valence-corrected chi connectivity index (χ1v) is 5.79. The molecule has 0 N–H and O–H groups in total. The molecule has 0 spiro atoms. The van der Waals surface area contributed by atoms with Crippen LogP contribution in [0.3, 0.4) is 0 Å². The summed E-state index contributed by atoms with van der Waals surface area (Å²) in [5, 5.41) is 0. The van der Waals surface area contributed by atoms with Gasteiger partial charge in [-0.25, -0.2) is 4.98 Å². The van der Waals surface area contributed by atoms with Gasteiger partial charge in [-0.15, -0.1) is 0 Å². The van der Waals surface area contributed by atoms with Gasteiger partial charge in [0.25, 0.3) is 0 Å². The zero-order valence-corrected chi connectivity index (χ0v) is 11.1. The topological polar surface area (TPSA) is 42.4 Å². The van der Waals surface area contributed by atoms with Crippen molar-refractivity contribution in [3.63, 3.8) is 0 Å². The van der Waals surface area contributed by atoms with Gasteiger partial charge in [0.15, 0.2) is 6.29 Å². The van der Waals surface area contributed by atoms with Crippen LogP contribution < -0.4 is 9.64 Å². The molecule has 17 heavy (non-hydrogen) atoms. The fourth-order valence-corrected chi connectivity index (χ4v) is 2.07. The van der Waals surface area contributed by atoms with E-state index in [2.05, 4.69) is 37.6 Å². The summed E-state index contributed by atoms with van der Waals surface area (Å²) in [5.74, 6) is 0.497. The first-order chi connectivity index (χ1) is 8.02. The lowest BCUT2D eigenvalue weighted by molar-refractivity contribution is 0.112. The highest BCUT2D eigenvalue weighted by Crippen LogP contribution is 2.32. The van der Waals surface area contributed by atoms with E-state index in [0.29, 0.717) is 11.4 Å². The molecule has 0 amide bonds. The molecule has 1 heterocycles. The first-order valence-electron chi connectivity index (χ1n) is 5.79. The van der Waals surface area contributed by atoms with Gasteiger partial charge in [-0.05, 0) is 33.8 Å². The number of carbonyl (C=O) groups excluding carboxylic acids is 1. The van der Waals surface area contributed by atoms with Crippen molar-refractivity contribution in [1.82, 2.24) is 4.98 Å². The minimum atomic E-state index is 0.270. The van der Waals surface area contributed by atoms with Gasteiger partial charge in [0.2, 0.25) is 5.88 Å². The van der Waals surface area contributed by atoms with E-state index in [1.54, 1.807) is 19.4 Å². The van der Waals surface area contributed by atoms with Crippen molar-refractivity contribution < 1.29 is 9.53 Å². The Kier molecular flexibility index (Phi) is 4.49. The molecule has 0 fully saturated rings. The number of pyridine rings is 1. The Morgan fingerprint density at radius 1 is 1.29 bits per heavy atom. The van der Waals surface area contributed by atoms with Gasteiger partial charge in [-0.2, -0.15) is 0 Å². The van der Waals surface area contributed by atoms with Gasteiger partial charge in [0.05, 0.1) is 7.11 Å². The molecule has 0 atom stereocenters. The van der Waals surface area contributed by atoms with Crippen LogP contribution in [0.2, 0.25) is 0 Å². The quantitative estimate of drug-likeness (QED) is 0.737. The summed E-state index contributed by atoms with van der Waals surface area (Å²) in [7, 11) is 1.57. The zero-order valence-electron chi connectivity index (χ0n) is 11.1. The van der Waals surface area contributed by atoms with E-state index < -0.39 is 0 Å². The van der Waals surface area contributed by atoms with Crippen LogP contribution in [0.4, 0.5) is 5.69 Å². The van der Waals surface area contributed by atoms with Gasteiger partial charge < -0.3 is 9.64 Å². The fourth-order valence-electron chi connectivity index (χ4n) is 2.07. The van der Waals surface area contributed by atoms with Crippen LogP contribution in [-0.4, -0.2) is 30.5 Å². The van der Waals surface area contributed by atoms with Gasteiger partial charge in [0.1, 0.15) is 5.69 Å². The molecule has 1 aromatic rings. The lowest BCUT2D eigenvalue weighted by Crippen LogP contribution is -2.38. The molecule has 0 saturated heterocycles. The lowest BCUT2D eigenvalue weighted by atomic mass is 10.1. The van der Waals surface area contributed by atoms with Crippen LogP contribution in [0, 0.1) is 0 Å². The third-order valence-corrected chi connectivity index (χ3v) is 2.61. The van der Waals surface area contributed by atoms with Gasteiger partial charge in [-0.3, -0.25) is 4.79 Å². The Morgan fingerprint density at radius 3 is 2.29 bits per heavy atom. The number of methoxy groups -OCH3 is 1. The summed E-state index contributed by atoms with van der Waals surface area (Å²) in [6.45, 7) is 8.34. The molecule has 94 valence electrons. The molecule has 0 aliphatic rings. The largest absolute Gasteiger partial charge is 0.480 e. The third-order valence-electron chi connectivity index (χ3n) is 2.61. The summed E-state index contributed by atoms with van der Waals surface area (Å²) in [6, 6.07) is 2.25. The maximum Gasteiger partial charge on any atom is 0.238 e. The average Bonchev–Trinajstić information content (AvgIpc) is 2.28. The van der Waals surface area contributed by atoms with Crippen molar-refractivity contribution in [3.8, 4) is 5.88 Å². The molecule has 1 aromatic heterocycles. The Hall–Kier alpha value is -1.58. The van der Waals surface area contributed by atoms with Gasteiger partial charge >= 0.3 is 0 Å². The fraction of sp³-hybridized carbons (Fsp3) is 0.538. The molecule has 0 radical (unpaired) electrons. The molecule has 0 aromatic carbocycles. The predicted molar refractivity (Wildman–Crippen MR) is 68.9 cm³/mol. The van der Waals surface area contributed by atoms with Crippen LogP contribution in [0.5, 0.6) is 5.88 Å². The van der Waals surface area contributed by atoms with Crippen LogP contribution in [0.1, 0.15) is 38.1 Å². The maximum atomic E-state index is 11.1. The number of rotatable bonds is 5. The Morgan fingerprint density at radius 2 is 1.88 bits per heavy atom. The molecule has 0 unspecified atom stereocenters. The second-order valence-corrected chi connectivity index (χ2v) is 4.47. The highest BCUT2D eigenvalue weighted by molar-refractivity contribution is 5.86. The van der Waals surface area contributed by atoms with E-state index >= 15 is 0 Å². The van der Waals surface area contributed by atoms with Crippen LogP contribution >= 0.6 is 0 Å². The minimum absolute atomic E-state index is 0.270. The van der Waals surface area contributed by atoms with Crippen molar-refractivity contribution >= 4 is 12.0 Å². The molecule has 0 saturated carbocycles. The van der Waals surface area contributed by atoms with E-state index in [0.717, 1.165) is 12.0 Å². The summed E-state index contributed by atoms with van der Waals surface area (Å²) < 4.78 is 5.26. The van der Waals surface area contributed by atoms with Crippen LogP contribution in [0.15, 0.2) is 12.3 Å². The number of aromatic nitrogens is 1. The lowest BCUT2D eigenvalue weighted by Gasteiger charge is -2.34. The summed E-state index contributed by atoms with van der Waals surface area (Å²) in [5.41, 5.74) is 1.38.